The molecule has 0 bridgehead atoms. The van der Waals surface area contributed by atoms with E-state index in [1.165, 1.54) is 11.8 Å². The Kier molecular flexibility index (Phi) is 4.39. The lowest BCUT2D eigenvalue weighted by Gasteiger charge is -2.11. The van der Waals surface area contributed by atoms with Crippen LogP contribution in [0.2, 0.25) is 0 Å². The molecule has 0 aliphatic carbocycles. The zero-order valence-corrected chi connectivity index (χ0v) is 10.5. The third-order valence-corrected chi connectivity index (χ3v) is 3.26. The second kappa shape index (κ2) is 5.58. The van der Waals surface area contributed by atoms with Crippen LogP contribution in [0.3, 0.4) is 0 Å². The Morgan fingerprint density at radius 1 is 1.41 bits per heavy atom. The molecule has 5 N–H and O–H groups in total. The summed E-state index contributed by atoms with van der Waals surface area (Å²) in [4.78, 5) is 22.9. The third kappa shape index (κ3) is 3.99. The van der Waals surface area contributed by atoms with Gasteiger partial charge in [0.25, 0.3) is 0 Å². The van der Waals surface area contributed by atoms with Gasteiger partial charge in [-0.05, 0) is 37.6 Å². The molecule has 1 rings (SSSR count). The van der Waals surface area contributed by atoms with Crippen LogP contribution in [0.15, 0.2) is 23.1 Å². The number of nitrogen functional groups attached to an aromatic ring is 1. The van der Waals surface area contributed by atoms with Gasteiger partial charge in [-0.2, -0.15) is 0 Å². The fourth-order valence-electron chi connectivity index (χ4n) is 1.20. The average Bonchev–Trinajstić information content (AvgIpc) is 2.22. The number of nitrogens with two attached hydrogens (primary N) is 2. The maximum Gasteiger partial charge on any atom is 0.318 e. The number of amides is 3. The van der Waals surface area contributed by atoms with Gasteiger partial charge in [0, 0.05) is 10.6 Å². The van der Waals surface area contributed by atoms with Crippen molar-refractivity contribution in [1.82, 2.24) is 5.32 Å². The van der Waals surface area contributed by atoms with Crippen molar-refractivity contribution in [3.63, 3.8) is 0 Å². The number of rotatable bonds is 3. The number of hydrogen-bond acceptors (Lipinski definition) is 4. The average molecular weight is 253 g/mol. The Bertz CT molecular complexity index is 448. The topological polar surface area (TPSA) is 98.2 Å². The van der Waals surface area contributed by atoms with Crippen molar-refractivity contribution in [2.45, 2.75) is 24.0 Å². The van der Waals surface area contributed by atoms with Crippen molar-refractivity contribution in [1.29, 1.82) is 0 Å². The quantitative estimate of drug-likeness (QED) is 0.557. The molecule has 0 radical (unpaired) electrons. The molecular weight excluding hydrogens is 238 g/mol. The van der Waals surface area contributed by atoms with E-state index in [1.54, 1.807) is 13.0 Å². The molecule has 0 aliphatic rings. The fraction of sp³-hybridized carbons (Fsp3) is 0.273. The van der Waals surface area contributed by atoms with Gasteiger partial charge in [0.2, 0.25) is 5.91 Å². The first-order valence-electron chi connectivity index (χ1n) is 5.03. The van der Waals surface area contributed by atoms with Gasteiger partial charge in [0.1, 0.15) is 0 Å². The Morgan fingerprint density at radius 2 is 2.06 bits per heavy atom. The van der Waals surface area contributed by atoms with Gasteiger partial charge in [-0.25, -0.2) is 4.79 Å². The predicted octanol–water partition coefficient (Wildman–Crippen LogP) is 1.25. The highest BCUT2D eigenvalue weighted by Gasteiger charge is 2.15. The smallest absolute Gasteiger partial charge is 0.318 e. The molecule has 0 aliphatic heterocycles. The van der Waals surface area contributed by atoms with E-state index < -0.39 is 17.2 Å². The standard InChI is InChI=1S/C11H15N3O2S/c1-6-5-8(3-4-9(6)12)17-7(2)10(15)14-11(13)16/h3-5,7H,12H2,1-2H3,(H3,13,14,15,16). The number of carbonyl (C=O) groups is 2. The lowest BCUT2D eigenvalue weighted by molar-refractivity contribution is -0.119. The van der Waals surface area contributed by atoms with Crippen molar-refractivity contribution < 1.29 is 9.59 Å². The minimum absolute atomic E-state index is 0.398. The van der Waals surface area contributed by atoms with Crippen LogP contribution in [0.25, 0.3) is 0 Å². The highest BCUT2D eigenvalue weighted by Crippen LogP contribution is 2.26. The summed E-state index contributed by atoms with van der Waals surface area (Å²) >= 11 is 1.34. The Balaban J connectivity index is 2.67. The maximum absolute atomic E-state index is 11.5. The largest absolute Gasteiger partial charge is 0.399 e. The summed E-state index contributed by atoms with van der Waals surface area (Å²) < 4.78 is 0. The number of urea groups is 1. The monoisotopic (exact) mass is 253 g/mol. The van der Waals surface area contributed by atoms with Crippen LogP contribution < -0.4 is 16.8 Å². The number of nitrogens with one attached hydrogen (secondary N) is 1. The van der Waals surface area contributed by atoms with Gasteiger partial charge in [-0.15, -0.1) is 11.8 Å². The van der Waals surface area contributed by atoms with E-state index in [0.29, 0.717) is 5.69 Å². The molecule has 0 saturated carbocycles. The SMILES string of the molecule is Cc1cc(SC(C)C(=O)NC(N)=O)ccc1N. The first-order chi connectivity index (χ1) is 7.90. The second-order valence-electron chi connectivity index (χ2n) is 3.63. The Hall–Kier alpha value is -1.69. The molecule has 0 fully saturated rings. The van der Waals surface area contributed by atoms with Crippen LogP contribution in [0.4, 0.5) is 10.5 Å². The van der Waals surface area contributed by atoms with Crippen LogP contribution in [-0.4, -0.2) is 17.2 Å². The van der Waals surface area contributed by atoms with E-state index in [1.807, 2.05) is 24.4 Å². The zero-order valence-electron chi connectivity index (χ0n) is 9.69. The summed E-state index contributed by atoms with van der Waals surface area (Å²) in [6.45, 7) is 3.60. The van der Waals surface area contributed by atoms with Gasteiger partial charge in [-0.1, -0.05) is 0 Å². The highest BCUT2D eigenvalue weighted by atomic mass is 32.2. The van der Waals surface area contributed by atoms with Gasteiger partial charge in [0.05, 0.1) is 5.25 Å². The molecular formula is C11H15N3O2S. The third-order valence-electron chi connectivity index (χ3n) is 2.17. The molecule has 3 amide bonds. The molecule has 1 atom stereocenters. The summed E-state index contributed by atoms with van der Waals surface area (Å²) in [7, 11) is 0. The van der Waals surface area contributed by atoms with Gasteiger partial charge in [-0.3, -0.25) is 10.1 Å². The summed E-state index contributed by atoms with van der Waals surface area (Å²) in [6.07, 6.45) is 0. The number of benzene rings is 1. The first kappa shape index (κ1) is 13.4. The number of aryl methyl sites for hydroxylation is 1. The molecule has 1 aromatic carbocycles. The predicted molar refractivity (Wildman–Crippen MR) is 68.6 cm³/mol. The molecule has 0 saturated heterocycles. The minimum Gasteiger partial charge on any atom is -0.399 e. The molecule has 1 unspecified atom stereocenters. The van der Waals surface area contributed by atoms with Crippen LogP contribution >= 0.6 is 11.8 Å². The van der Waals surface area contributed by atoms with E-state index in [9.17, 15) is 9.59 Å². The molecule has 6 heteroatoms. The lowest BCUT2D eigenvalue weighted by Crippen LogP contribution is -2.39. The minimum atomic E-state index is -0.837. The second-order valence-corrected chi connectivity index (χ2v) is 5.05. The number of anilines is 1. The van der Waals surface area contributed by atoms with E-state index in [-0.39, 0.29) is 0 Å². The fourth-order valence-corrected chi connectivity index (χ4v) is 2.17. The summed E-state index contributed by atoms with van der Waals surface area (Å²) in [6, 6.07) is 4.68. The van der Waals surface area contributed by atoms with Gasteiger partial charge < -0.3 is 11.5 Å². The van der Waals surface area contributed by atoms with Crippen molar-refractivity contribution >= 4 is 29.4 Å². The molecule has 0 spiro atoms. The van der Waals surface area contributed by atoms with Gasteiger partial charge in [0.15, 0.2) is 0 Å². The molecule has 17 heavy (non-hydrogen) atoms. The number of carbonyl (C=O) groups excluding carboxylic acids is 2. The molecule has 92 valence electrons. The molecule has 5 nitrogen and oxygen atoms in total. The zero-order chi connectivity index (χ0) is 13.0. The Morgan fingerprint density at radius 3 is 2.59 bits per heavy atom. The maximum atomic E-state index is 11.5. The summed E-state index contributed by atoms with van der Waals surface area (Å²) in [5.74, 6) is -0.406. The van der Waals surface area contributed by atoms with E-state index >= 15 is 0 Å². The van der Waals surface area contributed by atoms with Crippen LogP contribution in [0.5, 0.6) is 0 Å². The van der Waals surface area contributed by atoms with Crippen molar-refractivity contribution in [2.24, 2.45) is 5.73 Å². The highest BCUT2D eigenvalue weighted by molar-refractivity contribution is 8.00. The number of hydrogen-bond donors (Lipinski definition) is 3. The van der Waals surface area contributed by atoms with Crippen LogP contribution in [-0.2, 0) is 4.79 Å². The molecule has 0 heterocycles. The summed E-state index contributed by atoms with van der Waals surface area (Å²) in [5, 5.41) is 1.65. The van der Waals surface area contributed by atoms with Crippen molar-refractivity contribution in [3.8, 4) is 0 Å². The van der Waals surface area contributed by atoms with Crippen molar-refractivity contribution in [2.75, 3.05) is 5.73 Å². The molecule has 0 aromatic heterocycles. The van der Waals surface area contributed by atoms with Crippen molar-refractivity contribution in [3.05, 3.63) is 23.8 Å². The molecule has 1 aromatic rings. The lowest BCUT2D eigenvalue weighted by atomic mass is 10.2. The van der Waals surface area contributed by atoms with Crippen LogP contribution in [0, 0.1) is 6.92 Å². The van der Waals surface area contributed by atoms with E-state index in [4.69, 9.17) is 11.5 Å². The van der Waals surface area contributed by atoms with E-state index in [2.05, 4.69) is 0 Å². The summed E-state index contributed by atoms with van der Waals surface area (Å²) in [5.41, 5.74) is 12.2. The van der Waals surface area contributed by atoms with Crippen LogP contribution in [0.1, 0.15) is 12.5 Å². The Labute approximate surface area is 104 Å². The number of imide groups is 1. The number of primary amides is 1. The van der Waals surface area contributed by atoms with Gasteiger partial charge >= 0.3 is 6.03 Å². The van der Waals surface area contributed by atoms with E-state index in [0.717, 1.165) is 10.5 Å². The number of thioether (sulfide) groups is 1. The first-order valence-corrected chi connectivity index (χ1v) is 5.91. The normalized spacial score (nSPS) is 11.9.